The van der Waals surface area contributed by atoms with E-state index in [2.05, 4.69) is 20.6 Å². The molecule has 0 saturated carbocycles. The van der Waals surface area contributed by atoms with E-state index in [1.807, 2.05) is 12.1 Å². The van der Waals surface area contributed by atoms with Crippen molar-refractivity contribution in [2.75, 3.05) is 6.54 Å². The second-order valence-corrected chi connectivity index (χ2v) is 7.30. The fourth-order valence-electron chi connectivity index (χ4n) is 2.75. The van der Waals surface area contributed by atoms with Crippen LogP contribution in [0.5, 0.6) is 0 Å². The fraction of sp³-hybridized carbons (Fsp3) is 0.100. The van der Waals surface area contributed by atoms with Crippen LogP contribution in [0.4, 0.5) is 0 Å². The highest BCUT2D eigenvalue weighted by molar-refractivity contribution is 7.80. The molecule has 1 heterocycles. The Balaban J connectivity index is 1.70. The van der Waals surface area contributed by atoms with Crippen LogP contribution in [0.25, 0.3) is 0 Å². The summed E-state index contributed by atoms with van der Waals surface area (Å²) in [4.78, 5) is 19.7. The Morgan fingerprint density at radius 3 is 2.79 bits per heavy atom. The van der Waals surface area contributed by atoms with Gasteiger partial charge in [-0.1, -0.05) is 35.3 Å². The first-order valence-corrected chi connectivity index (χ1v) is 9.68. The summed E-state index contributed by atoms with van der Waals surface area (Å²) < 4.78 is 0. The molecule has 6 nitrogen and oxygen atoms in total. The summed E-state index contributed by atoms with van der Waals surface area (Å²) in [5.41, 5.74) is 1.55. The molecule has 0 fully saturated rings. The van der Waals surface area contributed by atoms with Crippen LogP contribution in [0.2, 0.25) is 10.0 Å². The van der Waals surface area contributed by atoms with Crippen molar-refractivity contribution in [1.29, 1.82) is 5.26 Å². The third-order valence-electron chi connectivity index (χ3n) is 4.14. The molecule has 29 heavy (non-hydrogen) atoms. The number of aromatic nitrogens is 2. The van der Waals surface area contributed by atoms with E-state index in [-0.39, 0.29) is 11.0 Å². The summed E-state index contributed by atoms with van der Waals surface area (Å²) in [6.45, 7) is 0.339. The van der Waals surface area contributed by atoms with Crippen LogP contribution in [0.1, 0.15) is 33.2 Å². The van der Waals surface area contributed by atoms with Crippen molar-refractivity contribution in [1.82, 2.24) is 20.6 Å². The first-order chi connectivity index (χ1) is 14.0. The number of H-pyrrole nitrogens is 1. The first-order valence-electron chi connectivity index (χ1n) is 8.51. The minimum absolute atomic E-state index is 0.152. The zero-order chi connectivity index (χ0) is 20.8. The predicted molar refractivity (Wildman–Crippen MR) is 116 cm³/mol. The maximum Gasteiger partial charge on any atom is 0.257 e. The van der Waals surface area contributed by atoms with Gasteiger partial charge in [0.15, 0.2) is 5.11 Å². The number of halogens is 2. The molecule has 0 spiro atoms. The van der Waals surface area contributed by atoms with Crippen LogP contribution in [-0.4, -0.2) is 27.5 Å². The van der Waals surface area contributed by atoms with Crippen LogP contribution >= 0.6 is 35.4 Å². The number of thiocarbonyl (C=S) groups is 1. The van der Waals surface area contributed by atoms with Crippen LogP contribution in [0.3, 0.4) is 0 Å². The number of nitriles is 1. The Morgan fingerprint density at radius 1 is 1.28 bits per heavy atom. The lowest BCUT2D eigenvalue weighted by Gasteiger charge is -2.19. The van der Waals surface area contributed by atoms with Crippen LogP contribution < -0.4 is 10.6 Å². The summed E-state index contributed by atoms with van der Waals surface area (Å²) in [5, 5.41) is 15.8. The first kappa shape index (κ1) is 20.8. The Morgan fingerprint density at radius 2 is 2.10 bits per heavy atom. The highest BCUT2D eigenvalue weighted by Gasteiger charge is 2.20. The van der Waals surface area contributed by atoms with Crippen molar-refractivity contribution in [3.8, 4) is 6.07 Å². The topological polar surface area (TPSA) is 93.6 Å². The molecule has 1 unspecified atom stereocenters. The number of amides is 1. The smallest absolute Gasteiger partial charge is 0.257 e. The lowest BCUT2D eigenvalue weighted by molar-refractivity contribution is 0.0976. The number of carbonyl (C=O) groups excluding carboxylic acids is 1. The number of hydrogen-bond acceptors (Lipinski definition) is 4. The lowest BCUT2D eigenvalue weighted by atomic mass is 9.98. The molecule has 3 rings (SSSR count). The van der Waals surface area contributed by atoms with E-state index >= 15 is 0 Å². The Hall–Kier alpha value is -2.92. The fourth-order valence-corrected chi connectivity index (χ4v) is 3.47. The van der Waals surface area contributed by atoms with Crippen molar-refractivity contribution in [2.45, 2.75) is 5.92 Å². The van der Waals surface area contributed by atoms with E-state index in [9.17, 15) is 4.79 Å². The summed E-state index contributed by atoms with van der Waals surface area (Å²) in [7, 11) is 0. The number of imidazole rings is 1. The maximum atomic E-state index is 12.4. The van der Waals surface area contributed by atoms with Gasteiger partial charge in [0.25, 0.3) is 5.91 Å². The summed E-state index contributed by atoms with van der Waals surface area (Å²) >= 11 is 17.6. The van der Waals surface area contributed by atoms with Crippen LogP contribution in [-0.2, 0) is 0 Å². The SMILES string of the molecule is N#Cc1cccc(C(=O)NC(=S)NCC(c2ncc[nH]2)c2ccc(Cl)cc2Cl)c1. The Labute approximate surface area is 182 Å². The Bertz CT molecular complexity index is 1080. The molecule has 1 amide bonds. The molecule has 0 saturated heterocycles. The molecule has 0 aliphatic heterocycles. The molecule has 0 radical (unpaired) electrons. The molecule has 146 valence electrons. The molecular formula is C20H15Cl2N5OS. The standard InChI is InChI=1S/C20H15Cl2N5OS/c21-14-4-5-15(17(22)9-14)16(18-24-6-7-25-18)11-26-20(29)27-19(28)13-3-1-2-12(8-13)10-23/h1-9,16H,11H2,(H,24,25)(H2,26,27,28,29). The average Bonchev–Trinajstić information content (AvgIpc) is 3.24. The number of aromatic amines is 1. The number of rotatable bonds is 5. The third-order valence-corrected chi connectivity index (χ3v) is 4.94. The molecule has 1 aromatic heterocycles. The van der Waals surface area contributed by atoms with Gasteiger partial charge in [-0.2, -0.15) is 5.26 Å². The van der Waals surface area contributed by atoms with Crippen LogP contribution in [0, 0.1) is 11.3 Å². The molecule has 0 aliphatic rings. The number of benzene rings is 2. The summed E-state index contributed by atoms with van der Waals surface area (Å²) in [5.74, 6) is 0.0442. The molecule has 9 heteroatoms. The van der Waals surface area contributed by atoms with Gasteiger partial charge in [0.05, 0.1) is 17.6 Å². The largest absolute Gasteiger partial charge is 0.361 e. The summed E-state index contributed by atoms with van der Waals surface area (Å²) in [6, 6.07) is 13.6. The molecule has 3 N–H and O–H groups in total. The third kappa shape index (κ3) is 5.33. The van der Waals surface area contributed by atoms with Gasteiger partial charge in [-0.05, 0) is 48.1 Å². The van der Waals surface area contributed by atoms with E-state index in [1.54, 1.807) is 42.7 Å². The van der Waals surface area contributed by atoms with E-state index < -0.39 is 5.91 Å². The second-order valence-electron chi connectivity index (χ2n) is 6.05. The van der Waals surface area contributed by atoms with Crippen molar-refractivity contribution in [3.05, 3.63) is 87.4 Å². The Kier molecular flexibility index (Phi) is 6.83. The average molecular weight is 444 g/mol. The molecule has 0 aliphatic carbocycles. The molecular weight excluding hydrogens is 429 g/mol. The van der Waals surface area contributed by atoms with E-state index in [0.29, 0.717) is 33.5 Å². The minimum Gasteiger partial charge on any atom is -0.361 e. The van der Waals surface area contributed by atoms with Crippen molar-refractivity contribution >= 4 is 46.4 Å². The van der Waals surface area contributed by atoms with E-state index in [1.165, 1.54) is 6.07 Å². The van der Waals surface area contributed by atoms with Crippen molar-refractivity contribution in [3.63, 3.8) is 0 Å². The molecule has 1 atom stereocenters. The van der Waals surface area contributed by atoms with Crippen molar-refractivity contribution in [2.24, 2.45) is 0 Å². The molecule has 0 bridgehead atoms. The van der Waals surface area contributed by atoms with Gasteiger partial charge in [-0.15, -0.1) is 0 Å². The van der Waals surface area contributed by atoms with E-state index in [4.69, 9.17) is 40.7 Å². The normalized spacial score (nSPS) is 11.3. The summed E-state index contributed by atoms with van der Waals surface area (Å²) in [6.07, 6.45) is 3.36. The quantitative estimate of drug-likeness (QED) is 0.517. The van der Waals surface area contributed by atoms with Gasteiger partial charge in [0.1, 0.15) is 5.82 Å². The zero-order valence-corrected chi connectivity index (χ0v) is 17.3. The highest BCUT2D eigenvalue weighted by Crippen LogP contribution is 2.30. The van der Waals surface area contributed by atoms with Gasteiger partial charge >= 0.3 is 0 Å². The van der Waals surface area contributed by atoms with Gasteiger partial charge in [-0.25, -0.2) is 4.98 Å². The number of carbonyl (C=O) groups is 1. The predicted octanol–water partition coefficient (Wildman–Crippen LogP) is 4.02. The van der Waals surface area contributed by atoms with Crippen LogP contribution in [0.15, 0.2) is 54.9 Å². The molecule has 2 aromatic carbocycles. The monoisotopic (exact) mass is 443 g/mol. The van der Waals surface area contributed by atoms with Gasteiger partial charge in [0.2, 0.25) is 0 Å². The molecule has 3 aromatic rings. The zero-order valence-electron chi connectivity index (χ0n) is 14.9. The van der Waals surface area contributed by atoms with Gasteiger partial charge in [-0.3, -0.25) is 10.1 Å². The lowest BCUT2D eigenvalue weighted by Crippen LogP contribution is -2.41. The van der Waals surface area contributed by atoms with Crippen molar-refractivity contribution < 1.29 is 4.79 Å². The number of nitrogens with zero attached hydrogens (tertiary/aromatic N) is 2. The van der Waals surface area contributed by atoms with Gasteiger partial charge in [0, 0.05) is 34.5 Å². The minimum atomic E-state index is -0.404. The van der Waals surface area contributed by atoms with E-state index in [0.717, 1.165) is 5.56 Å². The van der Waals surface area contributed by atoms with Gasteiger partial charge < -0.3 is 10.3 Å². The number of nitrogens with one attached hydrogen (secondary N) is 3. The number of hydrogen-bond donors (Lipinski definition) is 3. The highest BCUT2D eigenvalue weighted by atomic mass is 35.5. The second kappa shape index (κ2) is 9.52. The maximum absolute atomic E-state index is 12.4.